The summed E-state index contributed by atoms with van der Waals surface area (Å²) in [6.45, 7) is 18.2. The highest BCUT2D eigenvalue weighted by Gasteiger charge is 2.60. The number of carbonyl (C=O) groups excluding carboxylic acids is 2. The van der Waals surface area contributed by atoms with Crippen LogP contribution in [0.15, 0.2) is 22.6 Å². The molecule has 0 radical (unpaired) electrons. The number of rotatable bonds is 9. The van der Waals surface area contributed by atoms with Crippen LogP contribution in [0.2, 0.25) is 18.1 Å². The number of esters is 1. The number of fused-ring (bicyclic) bond motifs is 1. The van der Waals surface area contributed by atoms with Gasteiger partial charge in [0, 0.05) is 5.75 Å². The van der Waals surface area contributed by atoms with Gasteiger partial charge in [0.25, 0.3) is 0 Å². The normalized spacial score (nSPS) is 24.1. The molecule has 0 aromatic carbocycles. The molecule has 1 saturated heterocycles. The van der Waals surface area contributed by atoms with Crippen molar-refractivity contribution >= 4 is 42.8 Å². The highest BCUT2D eigenvalue weighted by atomic mass is 32.2. The van der Waals surface area contributed by atoms with E-state index in [4.69, 9.17) is 9.16 Å². The molecule has 1 amide bonds. The second kappa shape index (κ2) is 9.07. The maximum absolute atomic E-state index is 13.0. The molecule has 2 heterocycles. The number of ether oxygens (including phenoxy) is 1. The highest BCUT2D eigenvalue weighted by molar-refractivity contribution is 8.17. The van der Waals surface area contributed by atoms with Crippen LogP contribution in [0, 0.1) is 5.92 Å². The fourth-order valence-corrected chi connectivity index (χ4v) is 7.76. The summed E-state index contributed by atoms with van der Waals surface area (Å²) in [7, 11) is -3.39. The second-order valence-corrected chi connectivity index (χ2v) is 16.5. The number of hydrogen-bond donors (Lipinski definition) is 0. The summed E-state index contributed by atoms with van der Waals surface area (Å²) in [6, 6.07) is 0. The zero-order valence-corrected chi connectivity index (χ0v) is 21.1. The smallest absolute Gasteiger partial charge is 0.357 e. The van der Waals surface area contributed by atoms with Gasteiger partial charge in [-0.3, -0.25) is 13.9 Å². The van der Waals surface area contributed by atoms with Crippen molar-refractivity contribution in [2.45, 2.75) is 70.6 Å². The third kappa shape index (κ3) is 4.73. The first kappa shape index (κ1) is 24.4. The molecule has 0 saturated carbocycles. The van der Waals surface area contributed by atoms with E-state index in [9.17, 15) is 13.8 Å². The van der Waals surface area contributed by atoms with Crippen LogP contribution < -0.4 is 0 Å². The third-order valence-electron chi connectivity index (χ3n) is 5.66. The van der Waals surface area contributed by atoms with Crippen molar-refractivity contribution in [1.29, 1.82) is 0 Å². The Morgan fingerprint density at radius 2 is 2.03 bits per heavy atom. The first-order chi connectivity index (χ1) is 13.4. The van der Waals surface area contributed by atoms with Gasteiger partial charge >= 0.3 is 5.97 Å². The van der Waals surface area contributed by atoms with E-state index in [-0.39, 0.29) is 40.6 Å². The minimum Gasteiger partial charge on any atom is -0.457 e. The van der Waals surface area contributed by atoms with Gasteiger partial charge in [0.05, 0.1) is 22.8 Å². The van der Waals surface area contributed by atoms with E-state index >= 15 is 0 Å². The minimum absolute atomic E-state index is 0.0300. The second-order valence-electron chi connectivity index (χ2n) is 8.90. The van der Waals surface area contributed by atoms with E-state index in [1.807, 2.05) is 13.8 Å². The Bertz CT molecular complexity index is 744. The summed E-state index contributed by atoms with van der Waals surface area (Å²) in [6.07, 6.45) is 1.91. The molecule has 1 unspecified atom stereocenters. The van der Waals surface area contributed by atoms with Crippen molar-refractivity contribution in [2.75, 3.05) is 12.4 Å². The van der Waals surface area contributed by atoms with E-state index in [1.54, 1.807) is 0 Å². The van der Waals surface area contributed by atoms with Crippen LogP contribution in [-0.4, -0.2) is 53.1 Å². The SMILES string of the molecule is C=CCOC(=O)C1=C(S(=O)CCC)S[C@@H]2[C@@H]([C@@H](C)O[Si](C)(C)C(C)(C)C)C(=O)N12. The van der Waals surface area contributed by atoms with Crippen LogP contribution in [-0.2, 0) is 29.6 Å². The van der Waals surface area contributed by atoms with Crippen LogP contribution in [0.3, 0.4) is 0 Å². The van der Waals surface area contributed by atoms with E-state index in [0.29, 0.717) is 9.99 Å². The standard InChI is InChI=1S/C20H33NO5S2Si/c1-9-11-25-18(23)15-19(28(24)12-10-2)27-17-14(16(22)21(15)17)13(3)26-29(7,8)20(4,5)6/h9,13-14,17H,1,10-12H2,2-8H3/t13-,14+,17-,28?/m1/s1. The van der Waals surface area contributed by atoms with Gasteiger partial charge in [-0.1, -0.05) is 52.1 Å². The summed E-state index contributed by atoms with van der Waals surface area (Å²) >= 11 is 1.35. The average molecular weight is 460 g/mol. The Hall–Kier alpha value is -0.903. The third-order valence-corrected chi connectivity index (χ3v) is 13.6. The molecule has 2 aliphatic heterocycles. The number of β-lactam (4-membered cyclic amide) rings is 1. The molecule has 0 bridgehead atoms. The molecule has 0 aromatic heterocycles. The predicted octanol–water partition coefficient (Wildman–Crippen LogP) is 3.99. The monoisotopic (exact) mass is 459 g/mol. The molecule has 0 aliphatic carbocycles. The van der Waals surface area contributed by atoms with Crippen LogP contribution in [0.5, 0.6) is 0 Å². The van der Waals surface area contributed by atoms with E-state index in [2.05, 4.69) is 40.4 Å². The Morgan fingerprint density at radius 1 is 1.41 bits per heavy atom. The molecule has 0 spiro atoms. The maximum atomic E-state index is 13.0. The summed E-state index contributed by atoms with van der Waals surface area (Å²) in [4.78, 5) is 27.1. The molecule has 2 aliphatic rings. The molecule has 0 aromatic rings. The number of hydrogen-bond acceptors (Lipinski definition) is 6. The molecular weight excluding hydrogens is 426 g/mol. The Labute approximate surface area is 182 Å². The average Bonchev–Trinajstić information content (AvgIpc) is 2.93. The number of thioether (sulfide) groups is 1. The van der Waals surface area contributed by atoms with E-state index < -0.39 is 25.1 Å². The topological polar surface area (TPSA) is 72.9 Å². The lowest BCUT2D eigenvalue weighted by Crippen LogP contribution is -2.62. The molecule has 0 N–H and O–H groups in total. The summed E-state index contributed by atoms with van der Waals surface area (Å²) in [5.41, 5.74) is 0.134. The van der Waals surface area contributed by atoms with Gasteiger partial charge in [0.15, 0.2) is 14.0 Å². The van der Waals surface area contributed by atoms with Gasteiger partial charge in [-0.2, -0.15) is 0 Å². The van der Waals surface area contributed by atoms with Gasteiger partial charge in [-0.15, -0.1) is 0 Å². The van der Waals surface area contributed by atoms with Gasteiger partial charge in [0.1, 0.15) is 16.2 Å². The van der Waals surface area contributed by atoms with Gasteiger partial charge < -0.3 is 9.16 Å². The molecular formula is C20H33NO5S2Si. The van der Waals surface area contributed by atoms with Crippen molar-refractivity contribution in [3.63, 3.8) is 0 Å². The number of carbonyl (C=O) groups is 2. The lowest BCUT2D eigenvalue weighted by Gasteiger charge is -2.48. The lowest BCUT2D eigenvalue weighted by molar-refractivity contribution is -0.157. The zero-order valence-electron chi connectivity index (χ0n) is 18.4. The first-order valence-corrected chi connectivity index (χ1v) is 15.1. The quantitative estimate of drug-likeness (QED) is 0.225. The number of nitrogens with zero attached hydrogens (tertiary/aromatic N) is 1. The van der Waals surface area contributed by atoms with Gasteiger partial charge in [0.2, 0.25) is 5.91 Å². The highest BCUT2D eigenvalue weighted by Crippen LogP contribution is 2.52. The number of amides is 1. The van der Waals surface area contributed by atoms with Crippen molar-refractivity contribution in [3.05, 3.63) is 22.6 Å². The Kier molecular flexibility index (Phi) is 7.62. The first-order valence-electron chi connectivity index (χ1n) is 9.95. The van der Waals surface area contributed by atoms with Gasteiger partial charge in [-0.05, 0) is 31.5 Å². The van der Waals surface area contributed by atoms with Crippen LogP contribution in [0.25, 0.3) is 0 Å². The van der Waals surface area contributed by atoms with Crippen LogP contribution >= 0.6 is 11.8 Å². The fraction of sp³-hybridized carbons (Fsp3) is 0.700. The van der Waals surface area contributed by atoms with Crippen molar-refractivity contribution in [1.82, 2.24) is 4.90 Å². The largest absolute Gasteiger partial charge is 0.457 e. The van der Waals surface area contributed by atoms with Gasteiger partial charge in [-0.25, -0.2) is 4.79 Å². The predicted molar refractivity (Wildman–Crippen MR) is 121 cm³/mol. The van der Waals surface area contributed by atoms with Crippen LogP contribution in [0.1, 0.15) is 41.0 Å². The van der Waals surface area contributed by atoms with Crippen molar-refractivity contribution in [3.8, 4) is 0 Å². The maximum Gasteiger partial charge on any atom is 0.357 e. The Morgan fingerprint density at radius 3 is 2.55 bits per heavy atom. The van der Waals surface area contributed by atoms with Crippen molar-refractivity contribution in [2.24, 2.45) is 5.92 Å². The molecule has 9 heteroatoms. The molecule has 2 rings (SSSR count). The minimum atomic E-state index is -2.05. The van der Waals surface area contributed by atoms with Crippen LogP contribution in [0.4, 0.5) is 0 Å². The van der Waals surface area contributed by atoms with E-state index in [1.165, 1.54) is 22.7 Å². The zero-order chi connectivity index (χ0) is 22.1. The van der Waals surface area contributed by atoms with Crippen molar-refractivity contribution < 1.29 is 23.0 Å². The molecule has 4 atom stereocenters. The lowest BCUT2D eigenvalue weighted by atomic mass is 9.92. The molecule has 164 valence electrons. The van der Waals surface area contributed by atoms with E-state index in [0.717, 1.165) is 6.42 Å². The molecule has 29 heavy (non-hydrogen) atoms. The Balaban J connectivity index is 2.25. The fourth-order valence-electron chi connectivity index (χ4n) is 3.09. The molecule has 6 nitrogen and oxygen atoms in total. The molecule has 1 fully saturated rings. The summed E-state index contributed by atoms with van der Waals surface area (Å²) < 4.78 is 24.8. The summed E-state index contributed by atoms with van der Waals surface area (Å²) in [5, 5.41) is -0.244. The summed E-state index contributed by atoms with van der Waals surface area (Å²) in [5.74, 6) is -0.713.